The largest absolute Gasteiger partial charge is 0.295 e. The Morgan fingerprint density at radius 1 is 1.14 bits per heavy atom. The molecule has 2 heteroatoms. The Labute approximate surface area is 139 Å². The molecule has 1 fully saturated rings. The third-order valence-corrected chi connectivity index (χ3v) is 7.76. The quantitative estimate of drug-likeness (QED) is 0.429. The Morgan fingerprint density at radius 2 is 1.91 bits per heavy atom. The van der Waals surface area contributed by atoms with Gasteiger partial charge in [0, 0.05) is 6.42 Å². The normalized spacial score (nSPS) is 43.4. The highest BCUT2D eigenvalue weighted by Crippen LogP contribution is 2.63. The molecule has 1 nitrogen and oxygen atoms in total. The molecule has 0 aromatic heterocycles. The molecule has 0 N–H and O–H groups in total. The predicted molar refractivity (Wildman–Crippen MR) is 90.9 cm³/mol. The van der Waals surface area contributed by atoms with Crippen LogP contribution in [0.15, 0.2) is 22.8 Å². The molecule has 0 radical (unpaired) electrons. The van der Waals surface area contributed by atoms with Crippen LogP contribution in [-0.2, 0) is 4.79 Å². The van der Waals surface area contributed by atoms with Gasteiger partial charge >= 0.3 is 0 Å². The molecule has 22 heavy (non-hydrogen) atoms. The molecular weight excluding hydrogens is 292 g/mol. The number of ketones is 1. The van der Waals surface area contributed by atoms with Crippen molar-refractivity contribution in [2.75, 3.05) is 0 Å². The molecule has 0 unspecified atom stereocenters. The van der Waals surface area contributed by atoms with E-state index < -0.39 is 0 Å². The number of halogens is 1. The van der Waals surface area contributed by atoms with Crippen LogP contribution in [-0.4, -0.2) is 11.2 Å². The molecule has 1 saturated carbocycles. The van der Waals surface area contributed by atoms with Gasteiger partial charge in [-0.15, -0.1) is 11.6 Å². The first kappa shape index (κ1) is 15.0. The average molecular weight is 319 g/mol. The molecule has 0 aromatic rings. The second-order valence-electron chi connectivity index (χ2n) is 8.83. The molecule has 4 aliphatic carbocycles. The molecule has 4 atom stereocenters. The number of fused-ring (bicyclic) bond motifs is 4. The highest BCUT2D eigenvalue weighted by Gasteiger charge is 2.53. The number of alkyl halides is 1. The summed E-state index contributed by atoms with van der Waals surface area (Å²) in [5.74, 6) is 1.66. The maximum atomic E-state index is 11.9. The van der Waals surface area contributed by atoms with E-state index in [0.29, 0.717) is 23.7 Å². The summed E-state index contributed by atoms with van der Waals surface area (Å²) < 4.78 is 0. The molecule has 0 spiro atoms. The summed E-state index contributed by atoms with van der Waals surface area (Å²) >= 11 is 6.78. The summed E-state index contributed by atoms with van der Waals surface area (Å²) in [6.45, 7) is 7.23. The smallest absolute Gasteiger partial charge is 0.155 e. The van der Waals surface area contributed by atoms with Crippen molar-refractivity contribution in [1.29, 1.82) is 0 Å². The molecule has 0 aromatic carbocycles. The molecule has 0 aliphatic heterocycles. The van der Waals surface area contributed by atoms with Gasteiger partial charge in [0.05, 0.1) is 5.38 Å². The molecule has 0 bridgehead atoms. The van der Waals surface area contributed by atoms with Crippen LogP contribution in [0, 0.1) is 22.7 Å². The molecule has 0 amide bonds. The fourth-order valence-corrected chi connectivity index (χ4v) is 6.54. The molecule has 4 aliphatic rings. The minimum absolute atomic E-state index is 0.0612. The van der Waals surface area contributed by atoms with Crippen LogP contribution in [0.4, 0.5) is 0 Å². The first-order chi connectivity index (χ1) is 10.3. The Kier molecular flexibility index (Phi) is 3.22. The number of hydrogen-bond acceptors (Lipinski definition) is 1. The third-order valence-electron chi connectivity index (χ3n) is 7.35. The average Bonchev–Trinajstić information content (AvgIpc) is 2.77. The lowest BCUT2D eigenvalue weighted by atomic mass is 9.52. The van der Waals surface area contributed by atoms with Crippen LogP contribution in [0.3, 0.4) is 0 Å². The van der Waals surface area contributed by atoms with Gasteiger partial charge in [0.1, 0.15) is 0 Å². The van der Waals surface area contributed by atoms with E-state index >= 15 is 0 Å². The second-order valence-corrected chi connectivity index (χ2v) is 9.35. The van der Waals surface area contributed by atoms with Crippen LogP contribution in [0.5, 0.6) is 0 Å². The van der Waals surface area contributed by atoms with E-state index in [4.69, 9.17) is 11.6 Å². The van der Waals surface area contributed by atoms with Gasteiger partial charge in [0.2, 0.25) is 0 Å². The lowest BCUT2D eigenvalue weighted by molar-refractivity contribution is -0.116. The molecular formula is C20H27ClO. The third kappa shape index (κ3) is 1.94. The maximum Gasteiger partial charge on any atom is 0.155 e. The monoisotopic (exact) mass is 318 g/mol. The molecule has 0 heterocycles. The fraction of sp³-hybridized carbons (Fsp3) is 0.750. The summed E-state index contributed by atoms with van der Waals surface area (Å²) in [5, 5.41) is 0.0612. The molecule has 0 saturated heterocycles. The molecule has 4 rings (SSSR count). The first-order valence-corrected chi connectivity index (χ1v) is 9.38. The SMILES string of the molecule is CC1(C)CCC2=C1CC[C@H]1[C@H]2C[C@H](Cl)C2=CC(=O)CC[C@@]21C. The Morgan fingerprint density at radius 3 is 2.68 bits per heavy atom. The van der Waals surface area contributed by atoms with Crippen molar-refractivity contribution < 1.29 is 4.79 Å². The highest BCUT2D eigenvalue weighted by atomic mass is 35.5. The lowest BCUT2D eigenvalue weighted by Gasteiger charge is -2.54. The van der Waals surface area contributed by atoms with Crippen LogP contribution < -0.4 is 0 Å². The van der Waals surface area contributed by atoms with Crippen LogP contribution in [0.25, 0.3) is 0 Å². The second kappa shape index (κ2) is 4.72. The summed E-state index contributed by atoms with van der Waals surface area (Å²) in [4.78, 5) is 11.9. The first-order valence-electron chi connectivity index (χ1n) is 8.94. The van der Waals surface area contributed by atoms with E-state index in [9.17, 15) is 4.79 Å². The molecule has 120 valence electrons. The van der Waals surface area contributed by atoms with Crippen molar-refractivity contribution in [2.24, 2.45) is 22.7 Å². The summed E-state index contributed by atoms with van der Waals surface area (Å²) in [7, 11) is 0. The summed E-state index contributed by atoms with van der Waals surface area (Å²) in [5.41, 5.74) is 5.33. The number of hydrogen-bond donors (Lipinski definition) is 0. The van der Waals surface area contributed by atoms with E-state index in [1.807, 2.05) is 6.08 Å². The fourth-order valence-electron chi connectivity index (χ4n) is 6.04. The summed E-state index contributed by atoms with van der Waals surface area (Å²) in [6.07, 6.45) is 9.83. The van der Waals surface area contributed by atoms with Crippen molar-refractivity contribution in [1.82, 2.24) is 0 Å². The predicted octanol–water partition coefficient (Wildman–Crippen LogP) is 5.44. The maximum absolute atomic E-state index is 11.9. The van der Waals surface area contributed by atoms with Crippen LogP contribution in [0.1, 0.15) is 65.7 Å². The summed E-state index contributed by atoms with van der Waals surface area (Å²) in [6, 6.07) is 0. The minimum Gasteiger partial charge on any atom is -0.295 e. The zero-order valence-corrected chi connectivity index (χ0v) is 14.8. The van der Waals surface area contributed by atoms with Gasteiger partial charge in [-0.2, -0.15) is 0 Å². The van der Waals surface area contributed by atoms with E-state index in [1.54, 1.807) is 11.1 Å². The lowest BCUT2D eigenvalue weighted by Crippen LogP contribution is -2.47. The van der Waals surface area contributed by atoms with Crippen molar-refractivity contribution in [3.05, 3.63) is 22.8 Å². The highest BCUT2D eigenvalue weighted by molar-refractivity contribution is 6.23. The number of carbonyl (C=O) groups excluding carboxylic acids is 1. The number of allylic oxidation sites excluding steroid dienone is 4. The Bertz CT molecular complexity index is 597. The number of carbonyl (C=O) groups is 1. The van der Waals surface area contributed by atoms with Gasteiger partial charge in [-0.25, -0.2) is 0 Å². The van der Waals surface area contributed by atoms with Gasteiger partial charge in [-0.3, -0.25) is 4.79 Å². The number of rotatable bonds is 0. The van der Waals surface area contributed by atoms with Crippen molar-refractivity contribution in [3.8, 4) is 0 Å². The zero-order chi connectivity index (χ0) is 15.7. The van der Waals surface area contributed by atoms with Gasteiger partial charge in [-0.1, -0.05) is 31.9 Å². The van der Waals surface area contributed by atoms with Crippen LogP contribution >= 0.6 is 11.6 Å². The van der Waals surface area contributed by atoms with Gasteiger partial charge in [0.25, 0.3) is 0 Å². The standard InChI is InChI=1S/C20H27ClO/c1-19(2)8-7-13-14-11-18(21)17-10-12(22)6-9-20(17,3)16(14)5-4-15(13)19/h10,14,16,18H,4-9,11H2,1-3H3/t14-,16-,18-,20+/m0/s1. The minimum atomic E-state index is 0.0612. The van der Waals surface area contributed by atoms with E-state index in [2.05, 4.69) is 20.8 Å². The zero-order valence-electron chi connectivity index (χ0n) is 14.0. The van der Waals surface area contributed by atoms with E-state index in [0.717, 1.165) is 12.8 Å². The van der Waals surface area contributed by atoms with Gasteiger partial charge in [-0.05, 0) is 72.8 Å². The Hall–Kier alpha value is -0.560. The van der Waals surface area contributed by atoms with Crippen LogP contribution in [0.2, 0.25) is 0 Å². The van der Waals surface area contributed by atoms with Crippen molar-refractivity contribution in [2.45, 2.75) is 71.1 Å². The van der Waals surface area contributed by atoms with Gasteiger partial charge < -0.3 is 0 Å². The topological polar surface area (TPSA) is 17.1 Å². The van der Waals surface area contributed by atoms with Crippen molar-refractivity contribution in [3.63, 3.8) is 0 Å². The van der Waals surface area contributed by atoms with E-state index in [-0.39, 0.29) is 16.6 Å². The Balaban J connectivity index is 1.77. The van der Waals surface area contributed by atoms with Gasteiger partial charge in [0.15, 0.2) is 5.78 Å². The van der Waals surface area contributed by atoms with E-state index in [1.165, 1.54) is 31.3 Å². The van der Waals surface area contributed by atoms with Crippen molar-refractivity contribution >= 4 is 17.4 Å².